The molecule has 0 saturated carbocycles. The summed E-state index contributed by atoms with van der Waals surface area (Å²) in [7, 11) is 2.06. The molecule has 6 nitrogen and oxygen atoms in total. The molecule has 0 aromatic carbocycles. The Morgan fingerprint density at radius 2 is 2.40 bits per heavy atom. The second-order valence-electron chi connectivity index (χ2n) is 5.17. The average molecular weight is 278 g/mol. The fourth-order valence-corrected chi connectivity index (χ4v) is 2.42. The van der Waals surface area contributed by atoms with Crippen molar-refractivity contribution >= 4 is 5.91 Å². The predicted molar refractivity (Wildman–Crippen MR) is 75.7 cm³/mol. The van der Waals surface area contributed by atoms with E-state index in [0.717, 1.165) is 38.0 Å². The Labute approximate surface area is 119 Å². The first kappa shape index (κ1) is 14.9. The van der Waals surface area contributed by atoms with Gasteiger partial charge < -0.3 is 9.64 Å². The number of amides is 1. The fourth-order valence-electron chi connectivity index (χ4n) is 2.42. The summed E-state index contributed by atoms with van der Waals surface area (Å²) in [5, 5.41) is 0. The summed E-state index contributed by atoms with van der Waals surface area (Å²) in [5.74, 6) is 4.88. The van der Waals surface area contributed by atoms with Crippen molar-refractivity contribution in [1.29, 1.82) is 0 Å². The zero-order chi connectivity index (χ0) is 14.4. The second kappa shape index (κ2) is 7.33. The number of aromatic nitrogens is 1. The van der Waals surface area contributed by atoms with E-state index in [9.17, 15) is 4.79 Å². The van der Waals surface area contributed by atoms with Gasteiger partial charge in [-0.05, 0) is 32.0 Å². The van der Waals surface area contributed by atoms with E-state index >= 15 is 0 Å². The third kappa shape index (κ3) is 4.26. The lowest BCUT2D eigenvalue weighted by Gasteiger charge is -2.21. The molecule has 1 aromatic rings. The molecule has 1 aliphatic rings. The largest absolute Gasteiger partial charge is 0.364 e. The highest BCUT2D eigenvalue weighted by Crippen LogP contribution is 2.20. The number of nitrogens with two attached hydrogens (primary N) is 1. The van der Waals surface area contributed by atoms with Crippen molar-refractivity contribution in [3.63, 3.8) is 0 Å². The maximum Gasteiger partial charge on any atom is 0.263 e. The van der Waals surface area contributed by atoms with E-state index in [2.05, 4.69) is 22.4 Å². The Hall–Kier alpha value is -1.50. The summed E-state index contributed by atoms with van der Waals surface area (Å²) in [4.78, 5) is 17.9. The molecule has 0 spiro atoms. The highest BCUT2D eigenvalue weighted by Gasteiger charge is 2.30. The number of nitrogens with zero attached hydrogens (tertiary/aromatic N) is 2. The van der Waals surface area contributed by atoms with Crippen LogP contribution in [-0.4, -0.2) is 48.1 Å². The van der Waals surface area contributed by atoms with E-state index < -0.39 is 6.10 Å². The molecule has 2 rings (SSSR count). The van der Waals surface area contributed by atoms with Crippen LogP contribution in [0.5, 0.6) is 0 Å². The standard InChI is InChI=1S/C14H22N4O2/c1-18(9-7-11-4-2-3-8-16-11)10-12-5-6-13(20-12)14(19)17-15/h2-4,8,12-13H,5-7,9-10,15H2,1H3,(H,17,19). The number of carbonyl (C=O) groups is 1. The number of ether oxygens (including phenoxy) is 1. The maximum absolute atomic E-state index is 11.4. The van der Waals surface area contributed by atoms with Crippen molar-refractivity contribution in [2.45, 2.75) is 31.5 Å². The van der Waals surface area contributed by atoms with Gasteiger partial charge in [0.1, 0.15) is 6.10 Å². The van der Waals surface area contributed by atoms with Gasteiger partial charge in [0.15, 0.2) is 0 Å². The Balaban J connectivity index is 1.70. The summed E-state index contributed by atoms with van der Waals surface area (Å²) in [5.41, 5.74) is 3.23. The Morgan fingerprint density at radius 3 is 3.10 bits per heavy atom. The lowest BCUT2D eigenvalue weighted by molar-refractivity contribution is -0.132. The van der Waals surface area contributed by atoms with Gasteiger partial charge in [-0.2, -0.15) is 0 Å². The number of nitrogens with one attached hydrogen (secondary N) is 1. The molecule has 2 unspecified atom stereocenters. The molecule has 0 aliphatic carbocycles. The van der Waals surface area contributed by atoms with E-state index in [0.29, 0.717) is 0 Å². The van der Waals surface area contributed by atoms with Gasteiger partial charge in [-0.1, -0.05) is 6.07 Å². The molecule has 2 heterocycles. The highest BCUT2D eigenvalue weighted by molar-refractivity contribution is 5.80. The number of pyridine rings is 1. The van der Waals surface area contributed by atoms with Crippen molar-refractivity contribution in [1.82, 2.24) is 15.3 Å². The molecule has 1 aromatic heterocycles. The predicted octanol–water partition coefficient (Wildman–Crippen LogP) is 0.0934. The summed E-state index contributed by atoms with van der Waals surface area (Å²) in [6.07, 6.45) is 4.07. The molecule has 6 heteroatoms. The third-order valence-electron chi connectivity index (χ3n) is 3.53. The Morgan fingerprint density at radius 1 is 1.55 bits per heavy atom. The van der Waals surface area contributed by atoms with Gasteiger partial charge in [0.05, 0.1) is 6.10 Å². The van der Waals surface area contributed by atoms with Crippen molar-refractivity contribution in [2.75, 3.05) is 20.1 Å². The molecule has 2 atom stereocenters. The third-order valence-corrected chi connectivity index (χ3v) is 3.53. The molecule has 1 aliphatic heterocycles. The van der Waals surface area contributed by atoms with Gasteiger partial charge in [-0.25, -0.2) is 5.84 Å². The van der Waals surface area contributed by atoms with Gasteiger partial charge in [0.2, 0.25) is 0 Å². The topological polar surface area (TPSA) is 80.5 Å². The highest BCUT2D eigenvalue weighted by atomic mass is 16.5. The second-order valence-corrected chi connectivity index (χ2v) is 5.17. The summed E-state index contributed by atoms with van der Waals surface area (Å²) in [6.45, 7) is 1.74. The number of rotatable bonds is 6. The van der Waals surface area contributed by atoms with Crippen LogP contribution in [0, 0.1) is 0 Å². The first-order chi connectivity index (χ1) is 9.69. The molecule has 1 saturated heterocycles. The monoisotopic (exact) mass is 278 g/mol. The zero-order valence-corrected chi connectivity index (χ0v) is 11.8. The zero-order valence-electron chi connectivity index (χ0n) is 11.8. The molecule has 20 heavy (non-hydrogen) atoms. The van der Waals surface area contributed by atoms with Gasteiger partial charge in [0.25, 0.3) is 5.91 Å². The van der Waals surface area contributed by atoms with Crippen molar-refractivity contribution in [2.24, 2.45) is 5.84 Å². The van der Waals surface area contributed by atoms with Crippen molar-refractivity contribution < 1.29 is 9.53 Å². The summed E-state index contributed by atoms with van der Waals surface area (Å²) >= 11 is 0. The smallest absolute Gasteiger partial charge is 0.263 e. The molecular weight excluding hydrogens is 256 g/mol. The molecular formula is C14H22N4O2. The molecule has 110 valence electrons. The SMILES string of the molecule is CN(CCc1ccccn1)CC1CCC(C(=O)NN)O1. The number of hydrazine groups is 1. The lowest BCUT2D eigenvalue weighted by Crippen LogP contribution is -2.40. The summed E-state index contributed by atoms with van der Waals surface area (Å²) in [6, 6.07) is 5.95. The first-order valence-electron chi connectivity index (χ1n) is 6.93. The van der Waals surface area contributed by atoms with Crippen LogP contribution in [0.4, 0.5) is 0 Å². The average Bonchev–Trinajstić information content (AvgIpc) is 2.94. The van der Waals surface area contributed by atoms with Crippen LogP contribution in [-0.2, 0) is 16.0 Å². The van der Waals surface area contributed by atoms with Gasteiger partial charge >= 0.3 is 0 Å². The quantitative estimate of drug-likeness (QED) is 0.438. The van der Waals surface area contributed by atoms with Crippen molar-refractivity contribution in [3.05, 3.63) is 30.1 Å². The summed E-state index contributed by atoms with van der Waals surface area (Å²) < 4.78 is 5.69. The van der Waals surface area contributed by atoms with Gasteiger partial charge in [0, 0.05) is 31.4 Å². The van der Waals surface area contributed by atoms with Crippen molar-refractivity contribution in [3.8, 4) is 0 Å². The van der Waals surface area contributed by atoms with E-state index in [1.165, 1.54) is 0 Å². The number of carbonyl (C=O) groups excluding carboxylic acids is 1. The molecule has 1 amide bonds. The van der Waals surface area contributed by atoms with Crippen LogP contribution < -0.4 is 11.3 Å². The number of likely N-dealkylation sites (N-methyl/N-ethyl adjacent to an activating group) is 1. The van der Waals surface area contributed by atoms with Crippen LogP contribution in [0.1, 0.15) is 18.5 Å². The minimum absolute atomic E-state index is 0.103. The fraction of sp³-hybridized carbons (Fsp3) is 0.571. The minimum atomic E-state index is -0.394. The van der Waals surface area contributed by atoms with Crippen LogP contribution in [0.25, 0.3) is 0 Å². The molecule has 0 radical (unpaired) electrons. The maximum atomic E-state index is 11.4. The minimum Gasteiger partial charge on any atom is -0.364 e. The van der Waals surface area contributed by atoms with Crippen LogP contribution in [0.3, 0.4) is 0 Å². The number of hydrogen-bond donors (Lipinski definition) is 2. The van der Waals surface area contributed by atoms with Gasteiger partial charge in [-0.3, -0.25) is 15.2 Å². The van der Waals surface area contributed by atoms with E-state index in [-0.39, 0.29) is 12.0 Å². The molecule has 1 fully saturated rings. The lowest BCUT2D eigenvalue weighted by atomic mass is 10.2. The van der Waals surface area contributed by atoms with Gasteiger partial charge in [-0.15, -0.1) is 0 Å². The van der Waals surface area contributed by atoms with Crippen LogP contribution in [0.15, 0.2) is 24.4 Å². The Bertz CT molecular complexity index is 426. The molecule has 0 bridgehead atoms. The first-order valence-corrected chi connectivity index (χ1v) is 6.93. The van der Waals surface area contributed by atoms with Crippen LogP contribution in [0.2, 0.25) is 0 Å². The normalized spacial score (nSPS) is 22.1. The molecule has 3 N–H and O–H groups in total. The van der Waals surface area contributed by atoms with E-state index in [1.807, 2.05) is 24.4 Å². The number of hydrogen-bond acceptors (Lipinski definition) is 5. The van der Waals surface area contributed by atoms with E-state index in [1.54, 1.807) is 0 Å². The van der Waals surface area contributed by atoms with Crippen LogP contribution >= 0.6 is 0 Å². The Kier molecular flexibility index (Phi) is 5.46. The van der Waals surface area contributed by atoms with E-state index in [4.69, 9.17) is 10.6 Å².